The highest BCUT2D eigenvalue weighted by Crippen LogP contribution is 2.39. The van der Waals surface area contributed by atoms with Crippen molar-refractivity contribution < 1.29 is 9.59 Å². The summed E-state index contributed by atoms with van der Waals surface area (Å²) in [5.41, 5.74) is 1.27. The van der Waals surface area contributed by atoms with Crippen LogP contribution < -0.4 is 15.1 Å². The number of aromatic nitrogens is 2. The number of carbonyl (C=O) groups is 2. The fraction of sp³-hybridized carbons (Fsp3) is 0.300. The Bertz CT molecular complexity index is 883. The van der Waals surface area contributed by atoms with Crippen molar-refractivity contribution in [2.45, 2.75) is 25.3 Å². The summed E-state index contributed by atoms with van der Waals surface area (Å²) in [7, 11) is 0. The summed E-state index contributed by atoms with van der Waals surface area (Å²) in [6, 6.07) is 8.76. The molecule has 2 aromatic rings. The van der Waals surface area contributed by atoms with Gasteiger partial charge in [-0.15, -0.1) is 6.58 Å². The minimum Gasteiger partial charge on any atom is -0.366 e. The number of nitrogens with zero attached hydrogens (tertiary/aromatic N) is 4. The molecule has 27 heavy (non-hydrogen) atoms. The zero-order chi connectivity index (χ0) is 18.8. The van der Waals surface area contributed by atoms with Crippen molar-refractivity contribution >= 4 is 29.1 Å². The van der Waals surface area contributed by atoms with E-state index in [1.54, 1.807) is 35.4 Å². The highest BCUT2D eigenvalue weighted by Gasteiger charge is 2.40. The molecule has 7 nitrogen and oxygen atoms in total. The fourth-order valence-corrected chi connectivity index (χ4v) is 3.59. The summed E-state index contributed by atoms with van der Waals surface area (Å²) >= 11 is 0. The Morgan fingerprint density at radius 2 is 2.19 bits per heavy atom. The molecule has 2 aromatic heterocycles. The van der Waals surface area contributed by atoms with Crippen LogP contribution in [0.5, 0.6) is 0 Å². The Labute approximate surface area is 157 Å². The Morgan fingerprint density at radius 3 is 2.96 bits per heavy atom. The molecule has 0 unspecified atom stereocenters. The van der Waals surface area contributed by atoms with Crippen molar-refractivity contribution in [3.63, 3.8) is 0 Å². The molecule has 2 aliphatic rings. The molecule has 2 aliphatic heterocycles. The second kappa shape index (κ2) is 7.19. The molecular weight excluding hydrogens is 342 g/mol. The minimum atomic E-state index is -0.273. The third-order valence-corrected chi connectivity index (χ3v) is 4.93. The van der Waals surface area contributed by atoms with E-state index in [1.165, 1.54) is 0 Å². The number of ketones is 1. The largest absolute Gasteiger partial charge is 0.366 e. The van der Waals surface area contributed by atoms with Gasteiger partial charge in [0.15, 0.2) is 11.6 Å². The molecule has 138 valence electrons. The highest BCUT2D eigenvalue weighted by atomic mass is 16.2. The van der Waals surface area contributed by atoms with Gasteiger partial charge in [0.25, 0.3) is 0 Å². The first kappa shape index (κ1) is 17.2. The molecule has 7 heteroatoms. The molecule has 0 spiro atoms. The van der Waals surface area contributed by atoms with Crippen molar-refractivity contribution in [3.05, 3.63) is 54.9 Å². The lowest BCUT2D eigenvalue weighted by atomic mass is 10.1. The number of hydrogen-bond donors (Lipinski definition) is 1. The number of anilines is 3. The van der Waals surface area contributed by atoms with E-state index < -0.39 is 0 Å². The second-order valence-electron chi connectivity index (χ2n) is 6.69. The van der Waals surface area contributed by atoms with E-state index in [2.05, 4.69) is 26.8 Å². The molecule has 0 saturated carbocycles. The molecule has 1 N–H and O–H groups in total. The Balaban J connectivity index is 1.66. The molecule has 2 bridgehead atoms. The van der Waals surface area contributed by atoms with Gasteiger partial charge >= 0.3 is 6.03 Å². The lowest BCUT2D eigenvalue weighted by molar-refractivity contribution is 0.0979. The van der Waals surface area contributed by atoms with E-state index in [-0.39, 0.29) is 17.9 Å². The third-order valence-electron chi connectivity index (χ3n) is 4.93. The van der Waals surface area contributed by atoms with Gasteiger partial charge in [0.2, 0.25) is 0 Å². The maximum absolute atomic E-state index is 13.0. The van der Waals surface area contributed by atoms with Crippen LogP contribution in [0.3, 0.4) is 0 Å². The Kier molecular flexibility index (Phi) is 4.58. The Morgan fingerprint density at radius 1 is 1.30 bits per heavy atom. The van der Waals surface area contributed by atoms with Crippen LogP contribution in [0.1, 0.15) is 29.8 Å². The number of fused-ring (bicyclic) bond motifs is 4. The van der Waals surface area contributed by atoms with Crippen LogP contribution >= 0.6 is 0 Å². The molecule has 0 aromatic carbocycles. The minimum absolute atomic E-state index is 0.0345. The SMILES string of the molecule is C=CCCC(=O)c1ccc2c(n1)N(C(=O)Nc1ccccn1)[C@H]1CCN2C1. The summed E-state index contributed by atoms with van der Waals surface area (Å²) in [5.74, 6) is 0.986. The molecule has 1 saturated heterocycles. The molecule has 0 aliphatic carbocycles. The van der Waals surface area contributed by atoms with Gasteiger partial charge in [-0.2, -0.15) is 0 Å². The lowest BCUT2D eigenvalue weighted by Gasteiger charge is -2.35. The van der Waals surface area contributed by atoms with Crippen LogP contribution in [-0.4, -0.2) is 40.9 Å². The van der Waals surface area contributed by atoms with E-state index in [0.717, 1.165) is 25.2 Å². The van der Waals surface area contributed by atoms with Gasteiger partial charge in [-0.05, 0) is 37.1 Å². The van der Waals surface area contributed by atoms with Gasteiger partial charge in [0.1, 0.15) is 11.5 Å². The number of allylic oxidation sites excluding steroid dienone is 1. The smallest absolute Gasteiger partial charge is 0.329 e. The molecule has 1 atom stereocenters. The average molecular weight is 363 g/mol. The van der Waals surface area contributed by atoms with Gasteiger partial charge < -0.3 is 4.90 Å². The number of nitrogens with one attached hydrogen (secondary N) is 1. The quantitative estimate of drug-likeness (QED) is 0.652. The summed E-state index contributed by atoms with van der Waals surface area (Å²) in [4.78, 5) is 38.0. The number of rotatable bonds is 5. The standard InChI is InChI=1S/C20H21N5O2/c1-2-3-6-17(26)15-8-9-16-19(22-15)25(14-10-12-24(16)13-14)20(27)23-18-7-4-5-11-21-18/h2,4-5,7-9,11,14H,1,3,6,10,12-13H2,(H,21,23,27)/t14-/m0/s1. The molecule has 1 fully saturated rings. The molecule has 0 radical (unpaired) electrons. The first-order chi connectivity index (χ1) is 13.2. The molecule has 4 heterocycles. The maximum Gasteiger partial charge on any atom is 0.329 e. The maximum atomic E-state index is 13.0. The molecule has 2 amide bonds. The number of Topliss-reactive ketones (excluding diaryl/α,β-unsaturated/α-hetero) is 1. The monoisotopic (exact) mass is 363 g/mol. The topological polar surface area (TPSA) is 78.4 Å². The summed E-state index contributed by atoms with van der Waals surface area (Å²) < 4.78 is 0. The summed E-state index contributed by atoms with van der Waals surface area (Å²) in [6.07, 6.45) is 5.19. The zero-order valence-corrected chi connectivity index (χ0v) is 15.0. The van der Waals surface area contributed by atoms with Crippen molar-refractivity contribution in [1.82, 2.24) is 9.97 Å². The first-order valence-electron chi connectivity index (χ1n) is 9.08. The Hall–Kier alpha value is -3.22. The van der Waals surface area contributed by atoms with Crippen LogP contribution in [0, 0.1) is 0 Å². The molecule has 4 rings (SSSR count). The van der Waals surface area contributed by atoms with Gasteiger partial charge in [0.05, 0.1) is 11.7 Å². The van der Waals surface area contributed by atoms with Crippen molar-refractivity contribution in [2.75, 3.05) is 28.2 Å². The normalized spacial score (nSPS) is 17.4. The number of carbonyl (C=O) groups excluding carboxylic acids is 2. The predicted molar refractivity (Wildman–Crippen MR) is 104 cm³/mol. The predicted octanol–water partition coefficient (Wildman–Crippen LogP) is 3.26. The van der Waals surface area contributed by atoms with Gasteiger partial charge in [0, 0.05) is 25.7 Å². The van der Waals surface area contributed by atoms with Crippen LogP contribution in [-0.2, 0) is 0 Å². The van der Waals surface area contributed by atoms with E-state index in [4.69, 9.17) is 0 Å². The van der Waals surface area contributed by atoms with Crippen LogP contribution in [0.15, 0.2) is 49.2 Å². The van der Waals surface area contributed by atoms with E-state index in [0.29, 0.717) is 30.2 Å². The number of pyridine rings is 2. The van der Waals surface area contributed by atoms with E-state index in [9.17, 15) is 9.59 Å². The lowest BCUT2D eigenvalue weighted by Crippen LogP contribution is -2.48. The van der Waals surface area contributed by atoms with Gasteiger partial charge in [-0.1, -0.05) is 12.1 Å². The summed E-state index contributed by atoms with van der Waals surface area (Å²) in [6.45, 7) is 5.30. The van der Waals surface area contributed by atoms with Crippen molar-refractivity contribution in [3.8, 4) is 0 Å². The van der Waals surface area contributed by atoms with Crippen LogP contribution in [0.25, 0.3) is 0 Å². The number of hydrogen-bond acceptors (Lipinski definition) is 5. The average Bonchev–Trinajstić information content (AvgIpc) is 3.11. The van der Waals surface area contributed by atoms with Crippen LogP contribution in [0.2, 0.25) is 0 Å². The fourth-order valence-electron chi connectivity index (χ4n) is 3.59. The van der Waals surface area contributed by atoms with Gasteiger partial charge in [-0.25, -0.2) is 14.8 Å². The third kappa shape index (κ3) is 3.28. The van der Waals surface area contributed by atoms with Crippen molar-refractivity contribution in [1.29, 1.82) is 0 Å². The first-order valence-corrected chi connectivity index (χ1v) is 9.08. The zero-order valence-electron chi connectivity index (χ0n) is 15.0. The second-order valence-corrected chi connectivity index (χ2v) is 6.69. The number of amides is 2. The number of urea groups is 1. The molecular formula is C20H21N5O2. The highest BCUT2D eigenvalue weighted by molar-refractivity contribution is 6.05. The van der Waals surface area contributed by atoms with E-state index >= 15 is 0 Å². The van der Waals surface area contributed by atoms with Crippen molar-refractivity contribution in [2.24, 2.45) is 0 Å². The van der Waals surface area contributed by atoms with Gasteiger partial charge in [-0.3, -0.25) is 15.0 Å². The van der Waals surface area contributed by atoms with E-state index in [1.807, 2.05) is 12.1 Å². The summed E-state index contributed by atoms with van der Waals surface area (Å²) in [5, 5.41) is 2.84. The van der Waals surface area contributed by atoms with Crippen LogP contribution in [0.4, 0.5) is 22.1 Å².